The molecule has 1 aliphatic carbocycles. The van der Waals surface area contributed by atoms with Crippen LogP contribution in [0.5, 0.6) is 0 Å². The first-order valence-electron chi connectivity index (χ1n) is 10.2. The van der Waals surface area contributed by atoms with Crippen molar-refractivity contribution in [1.82, 2.24) is 18.8 Å². The van der Waals surface area contributed by atoms with Crippen LogP contribution < -0.4 is 5.32 Å². The van der Waals surface area contributed by atoms with Gasteiger partial charge in [0.05, 0.1) is 12.6 Å². The Labute approximate surface area is 172 Å². The van der Waals surface area contributed by atoms with Gasteiger partial charge in [-0.15, -0.1) is 11.3 Å². The molecule has 158 valence electrons. The van der Waals surface area contributed by atoms with Crippen LogP contribution in [0.15, 0.2) is 17.5 Å². The van der Waals surface area contributed by atoms with E-state index >= 15 is 0 Å². The molecule has 0 spiro atoms. The molecule has 1 amide bonds. The number of hydrogen-bond donors (Lipinski definition) is 1. The molecule has 28 heavy (non-hydrogen) atoms. The van der Waals surface area contributed by atoms with Gasteiger partial charge in [-0.3, -0.25) is 9.69 Å². The summed E-state index contributed by atoms with van der Waals surface area (Å²) >= 11 is 1.62. The highest BCUT2D eigenvalue weighted by atomic mass is 32.2. The summed E-state index contributed by atoms with van der Waals surface area (Å²) in [5, 5.41) is 4.97. The Morgan fingerprint density at radius 3 is 2.54 bits per heavy atom. The highest BCUT2D eigenvalue weighted by Gasteiger charge is 2.36. The molecular weight excluding hydrogens is 396 g/mol. The smallest absolute Gasteiger partial charge is 0.282 e. The molecule has 1 saturated carbocycles. The monoisotopic (exact) mass is 428 g/mol. The van der Waals surface area contributed by atoms with E-state index in [1.54, 1.807) is 27.0 Å². The average molecular weight is 429 g/mol. The lowest BCUT2D eigenvalue weighted by atomic mass is 9.96. The van der Waals surface area contributed by atoms with Crippen LogP contribution in [0.1, 0.15) is 43.9 Å². The summed E-state index contributed by atoms with van der Waals surface area (Å²) in [5.41, 5.74) is 0. The van der Waals surface area contributed by atoms with E-state index in [4.69, 9.17) is 0 Å². The highest BCUT2D eigenvalue weighted by Crippen LogP contribution is 2.25. The number of carbonyl (C=O) groups is 1. The fraction of sp³-hybridized carbons (Fsp3) is 0.737. The molecule has 3 rings (SSSR count). The second-order valence-electron chi connectivity index (χ2n) is 7.72. The topological polar surface area (TPSA) is 73.0 Å². The van der Waals surface area contributed by atoms with Gasteiger partial charge in [0, 0.05) is 44.1 Å². The lowest BCUT2D eigenvalue weighted by Crippen LogP contribution is -2.57. The molecule has 1 unspecified atom stereocenters. The highest BCUT2D eigenvalue weighted by molar-refractivity contribution is 7.86. The molecule has 1 aromatic heterocycles. The van der Waals surface area contributed by atoms with Gasteiger partial charge < -0.3 is 5.32 Å². The Morgan fingerprint density at radius 2 is 1.93 bits per heavy atom. The number of piperazine rings is 1. The van der Waals surface area contributed by atoms with E-state index in [0.29, 0.717) is 32.7 Å². The minimum absolute atomic E-state index is 0.0102. The van der Waals surface area contributed by atoms with Crippen LogP contribution in [0.25, 0.3) is 0 Å². The predicted molar refractivity (Wildman–Crippen MR) is 112 cm³/mol. The van der Waals surface area contributed by atoms with Crippen molar-refractivity contribution >= 4 is 27.5 Å². The van der Waals surface area contributed by atoms with Gasteiger partial charge in [0.15, 0.2) is 0 Å². The third kappa shape index (κ3) is 5.13. The number of rotatable bonds is 7. The zero-order chi connectivity index (χ0) is 20.1. The minimum atomic E-state index is -3.43. The van der Waals surface area contributed by atoms with Crippen LogP contribution in [0, 0.1) is 0 Å². The van der Waals surface area contributed by atoms with Gasteiger partial charge in [-0.05, 0) is 31.2 Å². The van der Waals surface area contributed by atoms with Gasteiger partial charge >= 0.3 is 0 Å². The molecule has 2 fully saturated rings. The Balaban J connectivity index is 1.49. The number of nitrogens with zero attached hydrogens (tertiary/aromatic N) is 3. The van der Waals surface area contributed by atoms with Gasteiger partial charge in [0.25, 0.3) is 10.2 Å². The Hall–Kier alpha value is -1.00. The van der Waals surface area contributed by atoms with Gasteiger partial charge in [-0.2, -0.15) is 17.0 Å². The van der Waals surface area contributed by atoms with E-state index in [9.17, 15) is 13.2 Å². The Morgan fingerprint density at radius 1 is 1.25 bits per heavy atom. The van der Waals surface area contributed by atoms with Gasteiger partial charge in [0.2, 0.25) is 5.91 Å². The maximum atomic E-state index is 13.0. The minimum Gasteiger partial charge on any atom is -0.350 e. The molecule has 2 aliphatic rings. The van der Waals surface area contributed by atoms with Crippen LogP contribution in [0.4, 0.5) is 0 Å². The van der Waals surface area contributed by atoms with Crippen molar-refractivity contribution in [1.29, 1.82) is 0 Å². The van der Waals surface area contributed by atoms with Crippen molar-refractivity contribution < 1.29 is 13.2 Å². The third-order valence-electron chi connectivity index (χ3n) is 6.00. The fourth-order valence-electron chi connectivity index (χ4n) is 4.04. The molecule has 9 heteroatoms. The standard InChI is InChI=1S/C19H32N4O3S2/c1-16(19(24)20-15-18-9-6-14-27-18)22-10-12-23(13-11-22)28(25,26)21(2)17-7-4-3-5-8-17/h6,9,14,16-17H,3-5,7-8,10-13,15H2,1-2H3,(H,20,24). The number of amides is 1. The molecule has 0 bridgehead atoms. The molecular formula is C19H32N4O3S2. The predicted octanol–water partition coefficient (Wildman–Crippen LogP) is 1.88. The fourth-order valence-corrected chi connectivity index (χ4v) is 6.26. The van der Waals surface area contributed by atoms with Gasteiger partial charge in [-0.25, -0.2) is 0 Å². The maximum Gasteiger partial charge on any atom is 0.282 e. The van der Waals surface area contributed by atoms with E-state index in [1.165, 1.54) is 6.42 Å². The largest absolute Gasteiger partial charge is 0.350 e. The first kappa shape index (κ1) is 21.7. The molecule has 1 N–H and O–H groups in total. The van der Waals surface area contributed by atoms with Gasteiger partial charge in [-0.1, -0.05) is 25.3 Å². The number of nitrogens with one attached hydrogen (secondary N) is 1. The lowest BCUT2D eigenvalue weighted by molar-refractivity contribution is -0.126. The summed E-state index contributed by atoms with van der Waals surface area (Å²) in [4.78, 5) is 15.6. The molecule has 7 nitrogen and oxygen atoms in total. The molecule has 1 aliphatic heterocycles. The summed E-state index contributed by atoms with van der Waals surface area (Å²) < 4.78 is 29.1. The molecule has 0 radical (unpaired) electrons. The molecule has 1 saturated heterocycles. The van der Waals surface area contributed by atoms with E-state index < -0.39 is 10.2 Å². The summed E-state index contributed by atoms with van der Waals surface area (Å²) in [7, 11) is -1.71. The summed E-state index contributed by atoms with van der Waals surface area (Å²) in [6.07, 6.45) is 5.33. The number of thiophene rings is 1. The lowest BCUT2D eigenvalue weighted by Gasteiger charge is -2.40. The van der Waals surface area contributed by atoms with E-state index in [1.807, 2.05) is 24.4 Å². The average Bonchev–Trinajstić information content (AvgIpc) is 3.25. The summed E-state index contributed by atoms with van der Waals surface area (Å²) in [6, 6.07) is 3.83. The van der Waals surface area contributed by atoms with Gasteiger partial charge in [0.1, 0.15) is 0 Å². The second-order valence-corrected chi connectivity index (χ2v) is 10.7. The molecule has 2 heterocycles. The van der Waals surface area contributed by atoms with Crippen molar-refractivity contribution in [3.63, 3.8) is 0 Å². The normalized spacial score (nSPS) is 21.7. The third-order valence-corrected chi connectivity index (χ3v) is 8.92. The van der Waals surface area contributed by atoms with Crippen LogP contribution in [0.2, 0.25) is 0 Å². The molecule has 1 aromatic rings. The van der Waals surface area contributed by atoms with Crippen molar-refractivity contribution in [2.24, 2.45) is 0 Å². The van der Waals surface area contributed by atoms with E-state index in [-0.39, 0.29) is 18.0 Å². The van der Waals surface area contributed by atoms with E-state index in [0.717, 1.165) is 30.6 Å². The SMILES string of the molecule is CC(C(=O)NCc1cccs1)N1CCN(S(=O)(=O)N(C)C2CCCCC2)CC1. The number of hydrogen-bond acceptors (Lipinski definition) is 5. The molecule has 0 aromatic carbocycles. The molecule has 1 atom stereocenters. The van der Waals surface area contributed by atoms with Crippen LogP contribution in [-0.4, -0.2) is 73.1 Å². The summed E-state index contributed by atoms with van der Waals surface area (Å²) in [6.45, 7) is 4.45. The quantitative estimate of drug-likeness (QED) is 0.720. The van der Waals surface area contributed by atoms with E-state index in [2.05, 4.69) is 10.2 Å². The number of carbonyl (C=O) groups excluding carboxylic acids is 1. The Bertz CT molecular complexity index is 724. The van der Waals surface area contributed by atoms with Crippen LogP contribution in [0.3, 0.4) is 0 Å². The zero-order valence-corrected chi connectivity index (χ0v) is 18.5. The second kappa shape index (κ2) is 9.67. The zero-order valence-electron chi connectivity index (χ0n) is 16.8. The maximum absolute atomic E-state index is 13.0. The van der Waals surface area contributed by atoms with Crippen LogP contribution >= 0.6 is 11.3 Å². The Kier molecular flexibility index (Phi) is 7.49. The van der Waals surface area contributed by atoms with Crippen molar-refractivity contribution in [2.45, 2.75) is 57.7 Å². The summed E-state index contributed by atoms with van der Waals surface area (Å²) in [5.74, 6) is -0.0102. The van der Waals surface area contributed by atoms with Crippen molar-refractivity contribution in [3.8, 4) is 0 Å². The van der Waals surface area contributed by atoms with Crippen molar-refractivity contribution in [3.05, 3.63) is 22.4 Å². The first-order valence-corrected chi connectivity index (χ1v) is 12.4. The first-order chi connectivity index (χ1) is 13.4. The van der Waals surface area contributed by atoms with Crippen molar-refractivity contribution in [2.75, 3.05) is 33.2 Å². The van der Waals surface area contributed by atoms with Crippen LogP contribution in [-0.2, 0) is 21.5 Å².